The quantitative estimate of drug-likeness (QED) is 0.501. The van der Waals surface area contributed by atoms with Crippen molar-refractivity contribution in [2.45, 2.75) is 44.6 Å². The smallest absolute Gasteiger partial charge is 0.341 e. The molecule has 182 valence electrons. The minimum absolute atomic E-state index is 0.0242. The Bertz CT molecular complexity index is 1250. The van der Waals surface area contributed by atoms with Gasteiger partial charge in [0.1, 0.15) is 5.75 Å². The van der Waals surface area contributed by atoms with Crippen LogP contribution in [0.1, 0.15) is 43.2 Å². The maximum atomic E-state index is 12.9. The van der Waals surface area contributed by atoms with Crippen LogP contribution in [0.5, 0.6) is 0 Å². The molecule has 0 unspecified atom stereocenters. The number of esters is 1. The normalized spacial score (nSPS) is 17.8. The summed E-state index contributed by atoms with van der Waals surface area (Å²) < 4.78 is 33.0. The lowest BCUT2D eigenvalue weighted by atomic mass is 9.81. The van der Waals surface area contributed by atoms with Crippen LogP contribution in [-0.4, -0.2) is 39.3 Å². The minimum atomic E-state index is -3.44. The molecule has 1 fully saturated rings. The first-order chi connectivity index (χ1) is 16.2. The summed E-state index contributed by atoms with van der Waals surface area (Å²) in [4.78, 5) is 12.9. The molecule has 0 radical (unpaired) electrons. The molecule has 1 spiro atoms. The maximum absolute atomic E-state index is 12.9. The van der Waals surface area contributed by atoms with Gasteiger partial charge in [-0.1, -0.05) is 30.2 Å². The molecular weight excluding hydrogens is 474 g/mol. The summed E-state index contributed by atoms with van der Waals surface area (Å²) in [6, 6.07) is 10.8. The summed E-state index contributed by atoms with van der Waals surface area (Å²) in [6.45, 7) is 2.38. The number of benzene rings is 2. The lowest BCUT2D eigenvalue weighted by molar-refractivity contribution is -0.622. The molecule has 2 aromatic carbocycles. The molecule has 7 nitrogen and oxygen atoms in total. The van der Waals surface area contributed by atoms with Gasteiger partial charge in [-0.2, -0.15) is 0 Å². The topological polar surface area (TPSA) is 115 Å². The fourth-order valence-corrected chi connectivity index (χ4v) is 6.20. The number of nitrogens with two attached hydrogens (primary N) is 2. The number of aryl methyl sites for hydroxylation is 1. The van der Waals surface area contributed by atoms with Crippen molar-refractivity contribution in [1.82, 2.24) is 0 Å². The van der Waals surface area contributed by atoms with Crippen molar-refractivity contribution in [2.24, 2.45) is 5.73 Å². The van der Waals surface area contributed by atoms with E-state index in [0.717, 1.165) is 48.8 Å². The molecule has 4 rings (SSSR count). The molecule has 1 heterocycles. The number of hydrogen-bond donors (Lipinski definition) is 3. The van der Waals surface area contributed by atoms with E-state index in [1.165, 1.54) is 0 Å². The highest BCUT2D eigenvalue weighted by Gasteiger charge is 2.47. The van der Waals surface area contributed by atoms with Crippen molar-refractivity contribution in [3.63, 3.8) is 0 Å². The Balaban J connectivity index is 1.67. The molecule has 9 heteroatoms. The fraction of sp³-hybridized carbons (Fsp3) is 0.400. The molecule has 5 N–H and O–H groups in total. The predicted octanol–water partition coefficient (Wildman–Crippen LogP) is 3.18. The monoisotopic (exact) mass is 504 g/mol. The largest absolute Gasteiger partial charge is 0.449 e. The maximum Gasteiger partial charge on any atom is 0.341 e. The van der Waals surface area contributed by atoms with Crippen molar-refractivity contribution in [2.75, 3.05) is 24.1 Å². The zero-order valence-electron chi connectivity index (χ0n) is 19.5. The van der Waals surface area contributed by atoms with Crippen LogP contribution in [0, 0.1) is 6.92 Å². The van der Waals surface area contributed by atoms with E-state index in [1.807, 2.05) is 31.4 Å². The van der Waals surface area contributed by atoms with Crippen LogP contribution in [0.2, 0.25) is 5.02 Å². The van der Waals surface area contributed by atoms with Crippen molar-refractivity contribution in [1.29, 1.82) is 0 Å². The highest BCUT2D eigenvalue weighted by atomic mass is 35.5. The van der Waals surface area contributed by atoms with Crippen molar-refractivity contribution in [3.8, 4) is 11.1 Å². The average molecular weight is 505 g/mol. The number of sulfonamides is 1. The standard InChI is InChI=1S/C25H30ClN3O4S/c1-16-13-20(17-7-6-8-18(14-17)29-34(31,32)12-11-28-2)21(26)15-19(16)22-23(27)25(33-24(22)30)9-4-3-5-10-25/h6-8,13-15,28-29H,3-5,9-12,27H2,1-2H3/p+1. The molecular formula is C25H31ClN3O4S+. The van der Waals surface area contributed by atoms with Gasteiger partial charge in [-0.25, -0.2) is 13.2 Å². The molecule has 34 heavy (non-hydrogen) atoms. The minimum Gasteiger partial charge on any atom is -0.449 e. The van der Waals surface area contributed by atoms with Crippen molar-refractivity contribution >= 4 is 38.9 Å². The number of quaternary nitrogens is 1. The highest BCUT2D eigenvalue weighted by Crippen LogP contribution is 2.45. The molecule has 0 bridgehead atoms. The third-order valence-electron chi connectivity index (χ3n) is 6.62. The second kappa shape index (κ2) is 9.60. The van der Waals surface area contributed by atoms with E-state index in [-0.39, 0.29) is 5.75 Å². The van der Waals surface area contributed by atoms with Gasteiger partial charge >= 0.3 is 5.97 Å². The van der Waals surface area contributed by atoms with Crippen molar-refractivity contribution < 1.29 is 23.3 Å². The van der Waals surface area contributed by atoms with Gasteiger partial charge in [-0.05, 0) is 73.6 Å². The van der Waals surface area contributed by atoms with E-state index < -0.39 is 21.6 Å². The van der Waals surface area contributed by atoms with Gasteiger partial charge in [-0.15, -0.1) is 0 Å². The first kappa shape index (κ1) is 24.6. The summed E-state index contributed by atoms with van der Waals surface area (Å²) in [5, 5.41) is 2.26. The SMILES string of the molecule is C[NH2+]CCS(=O)(=O)Nc1cccc(-c2cc(C)c(C3=C(N)C4(CCCCC4)OC3=O)cc2Cl)c1. The number of rotatable bonds is 7. The van der Waals surface area contributed by atoms with Crippen LogP contribution in [0.3, 0.4) is 0 Å². The third kappa shape index (κ3) is 4.80. The molecule has 2 aromatic rings. The Morgan fingerprint density at radius 1 is 1.15 bits per heavy atom. The van der Waals surface area contributed by atoms with E-state index in [9.17, 15) is 13.2 Å². The molecule has 2 aliphatic rings. The second-order valence-corrected chi connectivity index (χ2v) is 11.3. The number of carbonyl (C=O) groups excluding carboxylic acids is 1. The second-order valence-electron chi connectivity index (χ2n) is 9.08. The summed E-state index contributed by atoms with van der Waals surface area (Å²) >= 11 is 6.68. The van der Waals surface area contributed by atoms with Gasteiger partial charge in [-0.3, -0.25) is 4.72 Å². The van der Waals surface area contributed by atoms with Gasteiger partial charge in [0.2, 0.25) is 10.0 Å². The average Bonchev–Trinajstić information content (AvgIpc) is 3.03. The van der Waals surface area contributed by atoms with Crippen molar-refractivity contribution in [3.05, 3.63) is 58.2 Å². The number of halogens is 1. The zero-order chi connectivity index (χ0) is 24.5. The van der Waals surface area contributed by atoms with E-state index >= 15 is 0 Å². The zero-order valence-corrected chi connectivity index (χ0v) is 21.1. The lowest BCUT2D eigenvalue weighted by Crippen LogP contribution is -2.81. The summed E-state index contributed by atoms with van der Waals surface area (Å²) in [6.07, 6.45) is 4.58. The first-order valence-electron chi connectivity index (χ1n) is 11.6. The van der Waals surface area contributed by atoms with Gasteiger partial charge in [0.25, 0.3) is 0 Å². The lowest BCUT2D eigenvalue weighted by Gasteiger charge is -2.32. The molecule has 1 saturated carbocycles. The number of anilines is 1. The van der Waals surface area contributed by atoms with Gasteiger partial charge in [0.15, 0.2) is 5.60 Å². The number of hydrogen-bond acceptors (Lipinski definition) is 5. The number of nitrogens with one attached hydrogen (secondary N) is 1. The Morgan fingerprint density at radius 3 is 2.59 bits per heavy atom. The Labute approximate surface area is 205 Å². The molecule has 0 aromatic heterocycles. The summed E-state index contributed by atoms with van der Waals surface area (Å²) in [5.74, 6) is -0.372. The molecule has 0 saturated heterocycles. The highest BCUT2D eigenvalue weighted by molar-refractivity contribution is 7.92. The Kier molecular flexibility index (Phi) is 6.94. The van der Waals surface area contributed by atoms with E-state index in [0.29, 0.717) is 34.1 Å². The Morgan fingerprint density at radius 2 is 1.88 bits per heavy atom. The summed E-state index contributed by atoms with van der Waals surface area (Å²) in [5.41, 5.74) is 10.2. The van der Waals surface area contributed by atoms with Crippen LogP contribution in [0.4, 0.5) is 5.69 Å². The van der Waals surface area contributed by atoms with E-state index in [1.54, 1.807) is 24.3 Å². The van der Waals surface area contributed by atoms with Gasteiger partial charge in [0, 0.05) is 16.3 Å². The number of carbonyl (C=O) groups is 1. The van der Waals surface area contributed by atoms with Crippen LogP contribution >= 0.6 is 11.6 Å². The van der Waals surface area contributed by atoms with Crippen LogP contribution in [-0.2, 0) is 19.6 Å². The van der Waals surface area contributed by atoms with Crippen LogP contribution in [0.15, 0.2) is 42.1 Å². The van der Waals surface area contributed by atoms with Crippen LogP contribution < -0.4 is 15.8 Å². The van der Waals surface area contributed by atoms with Gasteiger partial charge < -0.3 is 15.8 Å². The molecule has 0 atom stereocenters. The fourth-order valence-electron chi connectivity index (χ4n) is 4.80. The van der Waals surface area contributed by atoms with E-state index in [4.69, 9.17) is 22.1 Å². The Hall–Kier alpha value is -2.55. The van der Waals surface area contributed by atoms with Crippen LogP contribution in [0.25, 0.3) is 16.7 Å². The molecule has 1 aliphatic heterocycles. The number of ether oxygens (including phenoxy) is 1. The predicted molar refractivity (Wildman–Crippen MR) is 135 cm³/mol. The molecule has 1 aliphatic carbocycles. The molecule has 0 amide bonds. The first-order valence-corrected chi connectivity index (χ1v) is 13.6. The van der Waals surface area contributed by atoms with E-state index in [2.05, 4.69) is 4.72 Å². The van der Waals surface area contributed by atoms with Gasteiger partial charge in [0.05, 0.1) is 24.9 Å². The summed E-state index contributed by atoms with van der Waals surface area (Å²) in [7, 11) is -1.62. The third-order valence-corrected chi connectivity index (χ3v) is 8.25.